The fourth-order valence-electron chi connectivity index (χ4n) is 2.37. The molecule has 2 N–H and O–H groups in total. The molecule has 1 saturated heterocycles. The van der Waals surface area contributed by atoms with Gasteiger partial charge in [-0.25, -0.2) is 4.98 Å². The van der Waals surface area contributed by atoms with Gasteiger partial charge in [0.05, 0.1) is 5.54 Å². The van der Waals surface area contributed by atoms with Crippen LogP contribution in [0.2, 0.25) is 0 Å². The summed E-state index contributed by atoms with van der Waals surface area (Å²) in [5, 5.41) is 3.23. The number of hydrogen-bond donors (Lipinski definition) is 1. The van der Waals surface area contributed by atoms with Crippen LogP contribution in [-0.4, -0.2) is 29.0 Å². The number of aromatic nitrogens is 1. The normalized spacial score (nSPS) is 32.4. The summed E-state index contributed by atoms with van der Waals surface area (Å²) in [5.41, 5.74) is 7.39. The molecule has 0 spiro atoms. The predicted octanol–water partition coefficient (Wildman–Crippen LogP) is 1.47. The SMILES string of the molecule is Cc1csc(C2(N)CCN(C3CC3)C2)n1. The zero-order chi connectivity index (χ0) is 10.5. The van der Waals surface area contributed by atoms with Gasteiger partial charge in [0.25, 0.3) is 0 Å². The third-order valence-corrected chi connectivity index (χ3v) is 4.62. The van der Waals surface area contributed by atoms with E-state index >= 15 is 0 Å². The summed E-state index contributed by atoms with van der Waals surface area (Å²) in [5.74, 6) is 0. The Labute approximate surface area is 94.3 Å². The van der Waals surface area contributed by atoms with E-state index in [0.717, 1.165) is 36.3 Å². The summed E-state index contributed by atoms with van der Waals surface area (Å²) < 4.78 is 0. The summed E-state index contributed by atoms with van der Waals surface area (Å²) in [7, 11) is 0. The lowest BCUT2D eigenvalue weighted by Crippen LogP contribution is -2.40. The first-order chi connectivity index (χ1) is 7.17. The number of nitrogens with two attached hydrogens (primary N) is 1. The van der Waals surface area contributed by atoms with Gasteiger partial charge in [-0.2, -0.15) is 0 Å². The smallest absolute Gasteiger partial charge is 0.114 e. The highest BCUT2D eigenvalue weighted by molar-refractivity contribution is 7.09. The molecule has 2 heterocycles. The predicted molar refractivity (Wildman–Crippen MR) is 61.9 cm³/mol. The number of likely N-dealkylation sites (tertiary alicyclic amines) is 1. The van der Waals surface area contributed by atoms with Gasteiger partial charge in [0.2, 0.25) is 0 Å². The quantitative estimate of drug-likeness (QED) is 0.825. The molecule has 1 unspecified atom stereocenters. The zero-order valence-electron chi connectivity index (χ0n) is 9.07. The van der Waals surface area contributed by atoms with Crippen LogP contribution in [-0.2, 0) is 5.54 Å². The number of thiazole rings is 1. The lowest BCUT2D eigenvalue weighted by atomic mass is 10.0. The minimum atomic E-state index is -0.165. The van der Waals surface area contributed by atoms with Crippen molar-refractivity contribution in [1.82, 2.24) is 9.88 Å². The van der Waals surface area contributed by atoms with Gasteiger partial charge in [-0.3, -0.25) is 4.90 Å². The third-order valence-electron chi connectivity index (χ3n) is 3.44. The maximum Gasteiger partial charge on any atom is 0.114 e. The van der Waals surface area contributed by atoms with Crippen molar-refractivity contribution in [3.63, 3.8) is 0 Å². The molecule has 3 nitrogen and oxygen atoms in total. The Balaban J connectivity index is 1.79. The van der Waals surface area contributed by atoms with Gasteiger partial charge in [-0.05, 0) is 26.2 Å². The standard InChI is InChI=1S/C11H17N3S/c1-8-6-15-10(13-8)11(12)4-5-14(7-11)9-2-3-9/h6,9H,2-5,7,12H2,1H3. The zero-order valence-corrected chi connectivity index (χ0v) is 9.89. The number of aryl methyl sites for hydroxylation is 1. The van der Waals surface area contributed by atoms with Crippen molar-refractivity contribution < 1.29 is 0 Å². The van der Waals surface area contributed by atoms with Gasteiger partial charge in [0, 0.05) is 30.2 Å². The van der Waals surface area contributed by atoms with Crippen molar-refractivity contribution in [3.8, 4) is 0 Å². The average Bonchev–Trinajstić information content (AvgIpc) is 2.84. The second-order valence-corrected chi connectivity index (χ2v) is 5.76. The van der Waals surface area contributed by atoms with E-state index < -0.39 is 0 Å². The largest absolute Gasteiger partial charge is 0.318 e. The van der Waals surface area contributed by atoms with E-state index in [1.54, 1.807) is 11.3 Å². The fourth-order valence-corrected chi connectivity index (χ4v) is 3.31. The van der Waals surface area contributed by atoms with Crippen LogP contribution in [0.5, 0.6) is 0 Å². The van der Waals surface area contributed by atoms with Crippen LogP contribution in [0.15, 0.2) is 5.38 Å². The molecule has 0 bridgehead atoms. The Bertz CT molecular complexity index is 372. The lowest BCUT2D eigenvalue weighted by Gasteiger charge is -2.22. The number of nitrogens with zero attached hydrogens (tertiary/aromatic N) is 2. The summed E-state index contributed by atoms with van der Waals surface area (Å²) in [6.07, 6.45) is 3.80. The van der Waals surface area contributed by atoms with E-state index in [9.17, 15) is 0 Å². The van der Waals surface area contributed by atoms with Crippen LogP contribution in [0.4, 0.5) is 0 Å². The minimum Gasteiger partial charge on any atom is -0.318 e. The molecule has 2 aliphatic rings. The summed E-state index contributed by atoms with van der Waals surface area (Å²) in [6, 6.07) is 0.830. The van der Waals surface area contributed by atoms with E-state index in [1.165, 1.54) is 12.8 Å². The van der Waals surface area contributed by atoms with Crippen LogP contribution < -0.4 is 5.73 Å². The molecular formula is C11H17N3S. The van der Waals surface area contributed by atoms with Crippen molar-refractivity contribution in [3.05, 3.63) is 16.1 Å². The van der Waals surface area contributed by atoms with Gasteiger partial charge in [0.15, 0.2) is 0 Å². The second-order valence-electron chi connectivity index (χ2n) is 4.90. The van der Waals surface area contributed by atoms with Gasteiger partial charge < -0.3 is 5.73 Å². The first-order valence-electron chi connectivity index (χ1n) is 5.63. The molecule has 1 aromatic rings. The molecule has 3 rings (SSSR count). The van der Waals surface area contributed by atoms with Crippen LogP contribution in [0.1, 0.15) is 30.0 Å². The van der Waals surface area contributed by atoms with E-state index in [4.69, 9.17) is 5.73 Å². The van der Waals surface area contributed by atoms with Crippen molar-refractivity contribution >= 4 is 11.3 Å². The summed E-state index contributed by atoms with van der Waals surface area (Å²) >= 11 is 1.72. The first-order valence-corrected chi connectivity index (χ1v) is 6.51. The molecule has 1 aromatic heterocycles. The lowest BCUT2D eigenvalue weighted by molar-refractivity contribution is 0.302. The van der Waals surface area contributed by atoms with Crippen LogP contribution in [0.3, 0.4) is 0 Å². The third kappa shape index (κ3) is 1.71. The topological polar surface area (TPSA) is 42.1 Å². The first kappa shape index (κ1) is 9.75. The molecule has 15 heavy (non-hydrogen) atoms. The van der Waals surface area contributed by atoms with E-state index in [0.29, 0.717) is 0 Å². The second kappa shape index (κ2) is 3.27. The molecule has 0 aromatic carbocycles. The van der Waals surface area contributed by atoms with Crippen LogP contribution in [0, 0.1) is 6.92 Å². The average molecular weight is 223 g/mol. The van der Waals surface area contributed by atoms with Crippen molar-refractivity contribution in [2.45, 2.75) is 37.8 Å². The van der Waals surface area contributed by atoms with E-state index in [1.807, 2.05) is 6.92 Å². The Hall–Kier alpha value is -0.450. The van der Waals surface area contributed by atoms with E-state index in [2.05, 4.69) is 15.3 Å². The van der Waals surface area contributed by atoms with E-state index in [-0.39, 0.29) is 5.54 Å². The maximum atomic E-state index is 6.46. The highest BCUT2D eigenvalue weighted by atomic mass is 32.1. The van der Waals surface area contributed by atoms with Crippen molar-refractivity contribution in [2.75, 3.05) is 13.1 Å². The molecule has 2 fully saturated rings. The Kier molecular flexibility index (Phi) is 2.13. The molecule has 4 heteroatoms. The Morgan fingerprint density at radius 3 is 3.00 bits per heavy atom. The Morgan fingerprint density at radius 1 is 1.60 bits per heavy atom. The molecular weight excluding hydrogens is 206 g/mol. The molecule has 1 aliphatic carbocycles. The van der Waals surface area contributed by atoms with Gasteiger partial charge in [-0.15, -0.1) is 11.3 Å². The molecule has 1 saturated carbocycles. The van der Waals surface area contributed by atoms with Crippen molar-refractivity contribution in [1.29, 1.82) is 0 Å². The van der Waals surface area contributed by atoms with Gasteiger partial charge in [-0.1, -0.05) is 0 Å². The maximum absolute atomic E-state index is 6.46. The minimum absolute atomic E-state index is 0.165. The number of rotatable bonds is 2. The molecule has 1 atom stereocenters. The fraction of sp³-hybridized carbons (Fsp3) is 0.727. The monoisotopic (exact) mass is 223 g/mol. The Morgan fingerprint density at radius 2 is 2.40 bits per heavy atom. The highest BCUT2D eigenvalue weighted by Gasteiger charge is 2.43. The molecule has 0 radical (unpaired) electrons. The van der Waals surface area contributed by atoms with Gasteiger partial charge >= 0.3 is 0 Å². The molecule has 1 aliphatic heterocycles. The summed E-state index contributed by atoms with van der Waals surface area (Å²) in [4.78, 5) is 7.08. The number of hydrogen-bond acceptors (Lipinski definition) is 4. The van der Waals surface area contributed by atoms with Crippen molar-refractivity contribution in [2.24, 2.45) is 5.73 Å². The van der Waals surface area contributed by atoms with Crippen LogP contribution in [0.25, 0.3) is 0 Å². The van der Waals surface area contributed by atoms with Gasteiger partial charge in [0.1, 0.15) is 5.01 Å². The molecule has 82 valence electrons. The summed E-state index contributed by atoms with van der Waals surface area (Å²) in [6.45, 7) is 4.20. The highest BCUT2D eigenvalue weighted by Crippen LogP contribution is 2.37. The van der Waals surface area contributed by atoms with Crippen LogP contribution >= 0.6 is 11.3 Å². The molecule has 0 amide bonds.